The summed E-state index contributed by atoms with van der Waals surface area (Å²) in [4.78, 5) is 11.4. The highest BCUT2D eigenvalue weighted by Gasteiger charge is 2.31. The molecule has 2 rings (SSSR count). The summed E-state index contributed by atoms with van der Waals surface area (Å²) in [6.45, 7) is 0. The zero-order valence-electron chi connectivity index (χ0n) is 11.3. The maximum absolute atomic E-state index is 11.4. The molecule has 98 valence electrons. The zero-order valence-corrected chi connectivity index (χ0v) is 11.3. The van der Waals surface area contributed by atoms with E-state index in [-0.39, 0.29) is 5.41 Å². The molecule has 0 amide bonds. The topological polar surface area (TPSA) is 17.1 Å². The van der Waals surface area contributed by atoms with E-state index in [2.05, 4.69) is 0 Å². The molecule has 1 nitrogen and oxygen atoms in total. The van der Waals surface area contributed by atoms with Crippen LogP contribution < -0.4 is 0 Å². The number of carbonyl (C=O) groups excluding carboxylic acids is 1. The second kappa shape index (κ2) is 6.56. The van der Waals surface area contributed by atoms with Gasteiger partial charge in [-0.15, -0.1) is 0 Å². The molecular formula is C16H28O. The van der Waals surface area contributed by atoms with Gasteiger partial charge in [0, 0.05) is 5.41 Å². The smallest absolute Gasteiger partial charge is 0.126 e. The minimum atomic E-state index is 0.0902. The van der Waals surface area contributed by atoms with Gasteiger partial charge in [-0.25, -0.2) is 0 Å². The summed E-state index contributed by atoms with van der Waals surface area (Å²) < 4.78 is 0. The molecule has 0 radical (unpaired) electrons. The third kappa shape index (κ3) is 3.82. The molecule has 0 heterocycles. The number of hydrogen-bond donors (Lipinski definition) is 0. The fraction of sp³-hybridized carbons (Fsp3) is 0.938. The van der Waals surface area contributed by atoms with Gasteiger partial charge in [0.15, 0.2) is 0 Å². The molecule has 0 aromatic carbocycles. The normalized spacial score (nSPS) is 25.6. The van der Waals surface area contributed by atoms with Crippen molar-refractivity contribution in [2.24, 2.45) is 11.3 Å². The molecule has 0 spiro atoms. The lowest BCUT2D eigenvalue weighted by atomic mass is 9.71. The van der Waals surface area contributed by atoms with Gasteiger partial charge >= 0.3 is 0 Å². The molecule has 0 aromatic heterocycles. The molecule has 2 aliphatic carbocycles. The summed E-state index contributed by atoms with van der Waals surface area (Å²) in [5.41, 5.74) is 0.0902. The Bertz CT molecular complexity index is 222. The van der Waals surface area contributed by atoms with Crippen molar-refractivity contribution in [2.45, 2.75) is 83.5 Å². The molecule has 0 saturated heterocycles. The van der Waals surface area contributed by atoms with Gasteiger partial charge in [-0.3, -0.25) is 0 Å². The van der Waals surface area contributed by atoms with E-state index in [1.54, 1.807) is 0 Å². The predicted octanol–water partition coefficient (Wildman–Crippen LogP) is 4.89. The molecule has 0 N–H and O–H groups in total. The van der Waals surface area contributed by atoms with E-state index in [1.165, 1.54) is 89.8 Å². The van der Waals surface area contributed by atoms with Crippen molar-refractivity contribution in [3.8, 4) is 0 Å². The second-order valence-electron chi connectivity index (χ2n) is 6.44. The van der Waals surface area contributed by atoms with Crippen molar-refractivity contribution >= 4 is 6.29 Å². The molecular weight excluding hydrogens is 208 g/mol. The van der Waals surface area contributed by atoms with Crippen LogP contribution in [0.4, 0.5) is 0 Å². The standard InChI is InChI=1S/C16H28O/c17-14-16(11-5-2-6-12-16)13-7-10-15-8-3-1-4-9-15/h14-15H,1-13H2. The average molecular weight is 236 g/mol. The van der Waals surface area contributed by atoms with Crippen LogP contribution in [0, 0.1) is 11.3 Å². The highest BCUT2D eigenvalue weighted by molar-refractivity contribution is 5.59. The van der Waals surface area contributed by atoms with Crippen LogP contribution >= 0.6 is 0 Å². The second-order valence-corrected chi connectivity index (χ2v) is 6.44. The van der Waals surface area contributed by atoms with E-state index in [0.717, 1.165) is 5.92 Å². The molecule has 0 unspecified atom stereocenters. The monoisotopic (exact) mass is 236 g/mol. The molecule has 2 aliphatic rings. The summed E-state index contributed by atoms with van der Waals surface area (Å²) in [6, 6.07) is 0. The van der Waals surface area contributed by atoms with Gasteiger partial charge in [-0.05, 0) is 25.2 Å². The van der Waals surface area contributed by atoms with Crippen LogP contribution in [0.2, 0.25) is 0 Å². The first kappa shape index (κ1) is 13.1. The fourth-order valence-electron chi connectivity index (χ4n) is 3.90. The third-order valence-corrected chi connectivity index (χ3v) is 5.11. The Morgan fingerprint density at radius 2 is 1.59 bits per heavy atom. The summed E-state index contributed by atoms with van der Waals surface area (Å²) in [5, 5.41) is 0. The summed E-state index contributed by atoms with van der Waals surface area (Å²) >= 11 is 0. The van der Waals surface area contributed by atoms with E-state index >= 15 is 0 Å². The van der Waals surface area contributed by atoms with Crippen molar-refractivity contribution < 1.29 is 4.79 Å². The Kier molecular flexibility index (Phi) is 5.06. The van der Waals surface area contributed by atoms with Gasteiger partial charge in [0.05, 0.1) is 0 Å². The van der Waals surface area contributed by atoms with Gasteiger partial charge in [0.1, 0.15) is 6.29 Å². The third-order valence-electron chi connectivity index (χ3n) is 5.11. The molecule has 1 heteroatoms. The molecule has 0 aromatic rings. The first-order valence-corrected chi connectivity index (χ1v) is 7.81. The minimum Gasteiger partial charge on any atom is -0.303 e. The summed E-state index contributed by atoms with van der Waals surface area (Å²) in [7, 11) is 0. The average Bonchev–Trinajstić information content (AvgIpc) is 2.41. The van der Waals surface area contributed by atoms with E-state index in [1.807, 2.05) is 0 Å². The highest BCUT2D eigenvalue weighted by Crippen LogP contribution is 2.39. The first-order chi connectivity index (χ1) is 8.35. The highest BCUT2D eigenvalue weighted by atomic mass is 16.1. The van der Waals surface area contributed by atoms with Crippen molar-refractivity contribution in [1.29, 1.82) is 0 Å². The van der Waals surface area contributed by atoms with Crippen molar-refractivity contribution in [3.63, 3.8) is 0 Å². The fourth-order valence-corrected chi connectivity index (χ4v) is 3.90. The summed E-state index contributed by atoms with van der Waals surface area (Å²) in [5.74, 6) is 0.982. The van der Waals surface area contributed by atoms with Crippen LogP contribution in [-0.4, -0.2) is 6.29 Å². The lowest BCUT2D eigenvalue weighted by Crippen LogP contribution is -2.26. The molecule has 2 fully saturated rings. The van der Waals surface area contributed by atoms with E-state index in [4.69, 9.17) is 0 Å². The van der Waals surface area contributed by atoms with E-state index < -0.39 is 0 Å². The lowest BCUT2D eigenvalue weighted by molar-refractivity contribution is -0.118. The van der Waals surface area contributed by atoms with Gasteiger partial charge in [0.25, 0.3) is 0 Å². The number of hydrogen-bond acceptors (Lipinski definition) is 1. The van der Waals surface area contributed by atoms with E-state index in [9.17, 15) is 4.79 Å². The van der Waals surface area contributed by atoms with Crippen molar-refractivity contribution in [1.82, 2.24) is 0 Å². The van der Waals surface area contributed by atoms with Crippen molar-refractivity contribution in [2.75, 3.05) is 0 Å². The quantitative estimate of drug-likeness (QED) is 0.621. The van der Waals surface area contributed by atoms with Gasteiger partial charge < -0.3 is 4.79 Å². The Hall–Kier alpha value is -0.330. The van der Waals surface area contributed by atoms with Crippen LogP contribution in [0.5, 0.6) is 0 Å². The van der Waals surface area contributed by atoms with Crippen LogP contribution in [-0.2, 0) is 4.79 Å². The molecule has 17 heavy (non-hydrogen) atoms. The largest absolute Gasteiger partial charge is 0.303 e. The molecule has 0 bridgehead atoms. The predicted molar refractivity (Wildman–Crippen MR) is 72.0 cm³/mol. The minimum absolute atomic E-state index is 0.0902. The van der Waals surface area contributed by atoms with Crippen LogP contribution in [0.25, 0.3) is 0 Å². The Morgan fingerprint density at radius 3 is 2.24 bits per heavy atom. The molecule has 0 aliphatic heterocycles. The van der Waals surface area contributed by atoms with Gasteiger partial charge in [-0.1, -0.05) is 64.2 Å². The first-order valence-electron chi connectivity index (χ1n) is 7.81. The maximum Gasteiger partial charge on any atom is 0.126 e. The lowest BCUT2D eigenvalue weighted by Gasteiger charge is -2.32. The van der Waals surface area contributed by atoms with Crippen LogP contribution in [0.3, 0.4) is 0 Å². The zero-order chi connectivity index (χ0) is 12.0. The Balaban J connectivity index is 1.70. The summed E-state index contributed by atoms with van der Waals surface area (Å²) in [6.07, 6.45) is 18.6. The maximum atomic E-state index is 11.4. The number of rotatable bonds is 5. The van der Waals surface area contributed by atoms with Crippen LogP contribution in [0.15, 0.2) is 0 Å². The van der Waals surface area contributed by atoms with Crippen molar-refractivity contribution in [3.05, 3.63) is 0 Å². The number of aldehydes is 1. The van der Waals surface area contributed by atoms with E-state index in [0.29, 0.717) is 0 Å². The molecule has 0 atom stereocenters. The van der Waals surface area contributed by atoms with Crippen LogP contribution in [0.1, 0.15) is 83.5 Å². The molecule has 2 saturated carbocycles. The Morgan fingerprint density at radius 1 is 0.941 bits per heavy atom. The Labute approximate surface area is 106 Å². The van der Waals surface area contributed by atoms with Gasteiger partial charge in [0.2, 0.25) is 0 Å². The number of carbonyl (C=O) groups is 1. The SMILES string of the molecule is O=CC1(CCCC2CCCCC2)CCCCC1. The van der Waals surface area contributed by atoms with Gasteiger partial charge in [-0.2, -0.15) is 0 Å².